The molecule has 5 heteroatoms. The van der Waals surface area contributed by atoms with Gasteiger partial charge in [0.05, 0.1) is 18.3 Å². The number of hydrogen-bond donors (Lipinski definition) is 1. The van der Waals surface area contributed by atoms with Crippen molar-refractivity contribution in [2.24, 2.45) is 0 Å². The van der Waals surface area contributed by atoms with Gasteiger partial charge in [-0.2, -0.15) is 0 Å². The third kappa shape index (κ3) is 2.42. The summed E-state index contributed by atoms with van der Waals surface area (Å²) in [7, 11) is 5.78. The van der Waals surface area contributed by atoms with Crippen LogP contribution in [0.4, 0.5) is 0 Å². The predicted octanol–water partition coefficient (Wildman–Crippen LogP) is 0.564. The van der Waals surface area contributed by atoms with Gasteiger partial charge in [0.1, 0.15) is 7.85 Å². The number of rotatable bonds is 5. The Morgan fingerprint density at radius 3 is 3.00 bits per heavy atom. The Morgan fingerprint density at radius 2 is 2.31 bits per heavy atom. The lowest BCUT2D eigenvalue weighted by molar-refractivity contribution is -0.204. The largest absolute Gasteiger partial charge is 0.393 e. The highest BCUT2D eigenvalue weighted by atomic mass is 16.7. The molecule has 0 aliphatic carbocycles. The van der Waals surface area contributed by atoms with Crippen LogP contribution < -0.4 is 0 Å². The summed E-state index contributed by atoms with van der Waals surface area (Å²) in [5.74, 6) is 0. The minimum Gasteiger partial charge on any atom is -0.393 e. The van der Waals surface area contributed by atoms with E-state index in [1.54, 1.807) is 0 Å². The van der Waals surface area contributed by atoms with E-state index in [2.05, 4.69) is 6.92 Å². The van der Waals surface area contributed by atoms with Crippen LogP contribution in [0.2, 0.25) is 0 Å². The molecule has 4 atom stereocenters. The van der Waals surface area contributed by atoms with Crippen LogP contribution >= 0.6 is 0 Å². The van der Waals surface area contributed by atoms with Gasteiger partial charge in [0.15, 0.2) is 6.29 Å². The van der Waals surface area contributed by atoms with E-state index < -0.39 is 11.6 Å². The zero-order valence-corrected chi connectivity index (χ0v) is 9.72. The van der Waals surface area contributed by atoms with Crippen molar-refractivity contribution in [2.45, 2.75) is 56.6 Å². The smallest absolute Gasteiger partial charge is 0.160 e. The second-order valence-electron chi connectivity index (χ2n) is 4.66. The van der Waals surface area contributed by atoms with Crippen molar-refractivity contribution in [3.05, 3.63) is 0 Å². The number of ether oxygens (including phenoxy) is 3. The van der Waals surface area contributed by atoms with Crippen LogP contribution in [0.5, 0.6) is 0 Å². The quantitative estimate of drug-likeness (QED) is 0.549. The summed E-state index contributed by atoms with van der Waals surface area (Å²) >= 11 is 0. The maximum Gasteiger partial charge on any atom is 0.160 e. The van der Waals surface area contributed by atoms with Crippen LogP contribution in [-0.4, -0.2) is 50.2 Å². The van der Waals surface area contributed by atoms with Gasteiger partial charge in [-0.25, -0.2) is 0 Å². The average Bonchev–Trinajstić information content (AvgIpc) is 2.51. The summed E-state index contributed by atoms with van der Waals surface area (Å²) in [6, 6.07) is -0.438. The Labute approximate surface area is 97.7 Å². The van der Waals surface area contributed by atoms with Crippen molar-refractivity contribution in [3.63, 3.8) is 0 Å². The van der Waals surface area contributed by atoms with Crippen LogP contribution in [0.1, 0.15) is 32.6 Å². The molecule has 90 valence electrons. The third-order valence-electron chi connectivity index (χ3n) is 3.28. The molecule has 0 saturated carbocycles. The molecular weight excluding hydrogens is 207 g/mol. The lowest BCUT2D eigenvalue weighted by Gasteiger charge is -2.34. The van der Waals surface area contributed by atoms with Crippen LogP contribution in [0, 0.1) is 0 Å². The number of unbranched alkanes of at least 4 members (excludes halogenated alkanes) is 1. The molecule has 0 aromatic carbocycles. The second kappa shape index (κ2) is 5.04. The molecule has 4 nitrogen and oxygen atoms in total. The molecule has 2 unspecified atom stereocenters. The number of hydrogen-bond acceptors (Lipinski definition) is 4. The maximum atomic E-state index is 9.38. The van der Waals surface area contributed by atoms with Crippen molar-refractivity contribution in [3.8, 4) is 0 Å². The fourth-order valence-electron chi connectivity index (χ4n) is 2.32. The van der Waals surface area contributed by atoms with Crippen molar-refractivity contribution >= 4 is 7.85 Å². The lowest BCUT2D eigenvalue weighted by Crippen LogP contribution is -2.43. The molecule has 2 aliphatic rings. The predicted molar refractivity (Wildman–Crippen MR) is 59.2 cm³/mol. The zero-order valence-electron chi connectivity index (χ0n) is 9.72. The van der Waals surface area contributed by atoms with Gasteiger partial charge >= 0.3 is 0 Å². The molecular formula is C11H19BO4. The molecule has 0 aromatic rings. The minimum atomic E-state index is -0.542. The van der Waals surface area contributed by atoms with E-state index in [9.17, 15) is 5.11 Å². The normalized spacial score (nSPS) is 42.5. The van der Waals surface area contributed by atoms with Crippen LogP contribution in [-0.2, 0) is 14.2 Å². The number of fused-ring (bicyclic) bond motifs is 2. The highest BCUT2D eigenvalue weighted by Gasteiger charge is 2.51. The van der Waals surface area contributed by atoms with E-state index in [0.717, 1.165) is 12.8 Å². The Hall–Kier alpha value is -0.0951. The van der Waals surface area contributed by atoms with Crippen molar-refractivity contribution < 1.29 is 19.3 Å². The van der Waals surface area contributed by atoms with Gasteiger partial charge < -0.3 is 19.3 Å². The first-order valence-corrected chi connectivity index (χ1v) is 6.00. The highest BCUT2D eigenvalue weighted by molar-refractivity contribution is 6.11. The summed E-state index contributed by atoms with van der Waals surface area (Å²) < 4.78 is 16.9. The van der Waals surface area contributed by atoms with Gasteiger partial charge in [0.25, 0.3) is 0 Å². The van der Waals surface area contributed by atoms with Gasteiger partial charge in [-0.05, 0) is 6.42 Å². The molecule has 2 saturated heterocycles. The van der Waals surface area contributed by atoms with E-state index in [1.165, 1.54) is 0 Å². The van der Waals surface area contributed by atoms with E-state index in [-0.39, 0.29) is 19.0 Å². The lowest BCUT2D eigenvalue weighted by atomic mass is 9.88. The fourth-order valence-corrected chi connectivity index (χ4v) is 2.32. The third-order valence-corrected chi connectivity index (χ3v) is 3.28. The number of aliphatic hydroxyl groups excluding tert-OH is 1. The highest BCUT2D eigenvalue weighted by Crippen LogP contribution is 2.40. The molecule has 2 fully saturated rings. The maximum absolute atomic E-state index is 9.38. The molecule has 1 N–H and O–H groups in total. The van der Waals surface area contributed by atoms with Gasteiger partial charge in [-0.15, -0.1) is 0 Å². The fraction of sp³-hybridized carbons (Fsp3) is 1.00. The van der Waals surface area contributed by atoms with Gasteiger partial charge in [0.2, 0.25) is 0 Å². The zero-order chi connectivity index (χ0) is 11.6. The minimum absolute atomic E-state index is 0.0196. The standard InChI is InChI=1S/C11H19BO4/c1-2-3-4-14-9-6-11(7-13)5-8(15-9)10(12)16-11/h8-10,13H,2-7H2,1H3/t8?,9?,10-,11-/m1/s1. The first-order valence-electron chi connectivity index (χ1n) is 6.00. The summed E-state index contributed by atoms with van der Waals surface area (Å²) in [5, 5.41) is 9.38. The summed E-state index contributed by atoms with van der Waals surface area (Å²) in [5.41, 5.74) is -0.542. The average molecular weight is 226 g/mol. The molecule has 0 spiro atoms. The van der Waals surface area contributed by atoms with E-state index in [1.807, 2.05) is 0 Å². The topological polar surface area (TPSA) is 47.9 Å². The summed E-state index contributed by atoms with van der Waals surface area (Å²) in [6.45, 7) is 2.78. The van der Waals surface area contributed by atoms with Crippen molar-refractivity contribution in [1.82, 2.24) is 0 Å². The Morgan fingerprint density at radius 1 is 1.50 bits per heavy atom. The molecule has 0 amide bonds. The van der Waals surface area contributed by atoms with Gasteiger partial charge in [-0.1, -0.05) is 13.3 Å². The van der Waals surface area contributed by atoms with E-state index in [4.69, 9.17) is 22.1 Å². The van der Waals surface area contributed by atoms with Crippen LogP contribution in [0.15, 0.2) is 0 Å². The van der Waals surface area contributed by atoms with Gasteiger partial charge in [-0.3, -0.25) is 0 Å². The second-order valence-corrected chi connectivity index (χ2v) is 4.66. The molecule has 0 aromatic heterocycles. The Kier molecular flexibility index (Phi) is 3.90. The molecule has 2 aliphatic heterocycles. The Bertz CT molecular complexity index is 234. The SMILES string of the molecule is [B][C@@H]1O[C@@]2(CO)CC(OCCCC)OC1C2. The van der Waals surface area contributed by atoms with Gasteiger partial charge in [0, 0.05) is 25.5 Å². The molecule has 2 bridgehead atoms. The monoisotopic (exact) mass is 226 g/mol. The number of aliphatic hydroxyl groups is 1. The first kappa shape index (κ1) is 12.4. The van der Waals surface area contributed by atoms with E-state index in [0.29, 0.717) is 19.4 Å². The molecule has 2 radical (unpaired) electrons. The molecule has 2 rings (SSSR count). The molecule has 2 heterocycles. The Balaban J connectivity index is 1.89. The summed E-state index contributed by atoms with van der Waals surface area (Å²) in [4.78, 5) is 0. The van der Waals surface area contributed by atoms with E-state index >= 15 is 0 Å². The van der Waals surface area contributed by atoms with Crippen molar-refractivity contribution in [1.29, 1.82) is 0 Å². The van der Waals surface area contributed by atoms with Crippen LogP contribution in [0.25, 0.3) is 0 Å². The molecule has 16 heavy (non-hydrogen) atoms. The van der Waals surface area contributed by atoms with Crippen molar-refractivity contribution in [2.75, 3.05) is 13.2 Å². The first-order chi connectivity index (χ1) is 7.69. The summed E-state index contributed by atoms with van der Waals surface area (Å²) in [6.07, 6.45) is 2.91. The van der Waals surface area contributed by atoms with Crippen LogP contribution in [0.3, 0.4) is 0 Å².